The van der Waals surface area contributed by atoms with Crippen molar-refractivity contribution >= 4 is 33.9 Å². The number of aliphatic carboxylic acids is 1. The molecule has 1 aromatic rings. The Morgan fingerprint density at radius 2 is 2.11 bits per heavy atom. The quantitative estimate of drug-likeness (QED) is 0.869. The highest BCUT2D eigenvalue weighted by Gasteiger charge is 2.34. The van der Waals surface area contributed by atoms with E-state index in [0.29, 0.717) is 13.1 Å². The van der Waals surface area contributed by atoms with Gasteiger partial charge in [0.05, 0.1) is 5.92 Å². The van der Waals surface area contributed by atoms with Crippen LogP contribution >= 0.6 is 15.9 Å². The Bertz CT molecular complexity index is 507. The summed E-state index contributed by atoms with van der Waals surface area (Å²) in [6, 6.07) is 7.59. The average molecular weight is 310 g/mol. The average Bonchev–Trinajstić information content (AvgIpc) is 2.24. The molecule has 1 aliphatic rings. The lowest BCUT2D eigenvalue weighted by molar-refractivity contribution is -0.151. The summed E-state index contributed by atoms with van der Waals surface area (Å²) in [5, 5.41) is 8.71. The number of hydrogen-bond acceptors (Lipinski definition) is 2. The second-order valence-corrected chi connectivity index (χ2v) is 5.08. The van der Waals surface area contributed by atoms with Crippen LogP contribution in [0.1, 0.15) is 5.56 Å². The third-order valence-corrected chi connectivity index (χ3v) is 3.30. The minimum atomic E-state index is -0.838. The van der Waals surface area contributed by atoms with Gasteiger partial charge in [-0.3, -0.25) is 9.59 Å². The molecule has 18 heavy (non-hydrogen) atoms. The smallest absolute Gasteiger partial charge is 0.310 e. The van der Waals surface area contributed by atoms with Gasteiger partial charge in [0.2, 0.25) is 5.91 Å². The second-order valence-electron chi connectivity index (χ2n) is 4.17. The number of hydrogen-bond donors (Lipinski definition) is 1. The van der Waals surface area contributed by atoms with Gasteiger partial charge in [-0.2, -0.15) is 0 Å². The van der Waals surface area contributed by atoms with Gasteiger partial charge in [0, 0.05) is 23.6 Å². The SMILES string of the molecule is O=C(O)C1CN(C(=O)C=Cc2cccc(Br)c2)C1. The number of carbonyl (C=O) groups excluding carboxylic acids is 1. The molecule has 1 saturated heterocycles. The van der Waals surface area contributed by atoms with Crippen LogP contribution in [0.2, 0.25) is 0 Å². The molecular formula is C13H12BrNO3. The second kappa shape index (κ2) is 5.35. The molecule has 1 amide bonds. The summed E-state index contributed by atoms with van der Waals surface area (Å²) in [6.45, 7) is 0.605. The van der Waals surface area contributed by atoms with Crippen molar-refractivity contribution in [3.63, 3.8) is 0 Å². The van der Waals surface area contributed by atoms with Crippen molar-refractivity contribution in [1.29, 1.82) is 0 Å². The highest BCUT2D eigenvalue weighted by molar-refractivity contribution is 9.10. The first-order valence-corrected chi connectivity index (χ1v) is 6.31. The molecule has 0 saturated carbocycles. The third kappa shape index (κ3) is 2.98. The highest BCUT2D eigenvalue weighted by atomic mass is 79.9. The molecule has 1 fully saturated rings. The topological polar surface area (TPSA) is 57.6 Å². The maximum absolute atomic E-state index is 11.7. The van der Waals surface area contributed by atoms with Crippen LogP contribution in [0.25, 0.3) is 6.08 Å². The normalized spacial score (nSPS) is 15.7. The van der Waals surface area contributed by atoms with Crippen LogP contribution in [0.4, 0.5) is 0 Å². The molecule has 0 unspecified atom stereocenters. The number of carboxylic acids is 1. The van der Waals surface area contributed by atoms with Crippen LogP contribution < -0.4 is 0 Å². The number of benzene rings is 1. The fourth-order valence-electron chi connectivity index (χ4n) is 1.70. The largest absolute Gasteiger partial charge is 0.481 e. The number of carbonyl (C=O) groups is 2. The maximum Gasteiger partial charge on any atom is 0.310 e. The number of likely N-dealkylation sites (tertiary alicyclic amines) is 1. The molecule has 4 nitrogen and oxygen atoms in total. The van der Waals surface area contributed by atoms with E-state index in [1.54, 1.807) is 6.08 Å². The predicted octanol–water partition coefficient (Wildman–Crippen LogP) is 2.01. The Balaban J connectivity index is 1.91. The Labute approximate surface area is 113 Å². The van der Waals surface area contributed by atoms with Gasteiger partial charge in [0.25, 0.3) is 0 Å². The molecule has 0 aromatic heterocycles. The summed E-state index contributed by atoms with van der Waals surface area (Å²) in [6.07, 6.45) is 3.20. The first-order valence-electron chi connectivity index (χ1n) is 5.51. The molecule has 0 bridgehead atoms. The molecule has 5 heteroatoms. The number of carboxylic acid groups (broad SMARTS) is 1. The molecule has 0 spiro atoms. The highest BCUT2D eigenvalue weighted by Crippen LogP contribution is 2.17. The zero-order chi connectivity index (χ0) is 13.1. The molecule has 2 rings (SSSR count). The zero-order valence-electron chi connectivity index (χ0n) is 9.54. The van der Waals surface area contributed by atoms with Gasteiger partial charge < -0.3 is 10.0 Å². The van der Waals surface area contributed by atoms with Gasteiger partial charge >= 0.3 is 5.97 Å². The molecule has 94 valence electrons. The predicted molar refractivity (Wildman–Crippen MR) is 70.9 cm³/mol. The summed E-state index contributed by atoms with van der Waals surface area (Å²) in [4.78, 5) is 23.8. The number of rotatable bonds is 3. The van der Waals surface area contributed by atoms with Gasteiger partial charge in [0.1, 0.15) is 0 Å². The minimum absolute atomic E-state index is 0.146. The van der Waals surface area contributed by atoms with E-state index in [1.165, 1.54) is 11.0 Å². The van der Waals surface area contributed by atoms with Gasteiger partial charge in [-0.05, 0) is 23.8 Å². The maximum atomic E-state index is 11.7. The van der Waals surface area contributed by atoms with E-state index in [0.717, 1.165) is 10.0 Å². The van der Waals surface area contributed by atoms with Crippen molar-refractivity contribution in [1.82, 2.24) is 4.90 Å². The Morgan fingerprint density at radius 1 is 1.39 bits per heavy atom. The van der Waals surface area contributed by atoms with Crippen LogP contribution in [-0.2, 0) is 9.59 Å². The minimum Gasteiger partial charge on any atom is -0.481 e. The molecule has 1 aliphatic heterocycles. The molecule has 1 N–H and O–H groups in total. The molecular weight excluding hydrogens is 298 g/mol. The Kier molecular flexibility index (Phi) is 3.81. The molecule has 0 aliphatic carbocycles. The summed E-state index contributed by atoms with van der Waals surface area (Å²) in [7, 11) is 0. The molecule has 1 aromatic carbocycles. The van der Waals surface area contributed by atoms with E-state index >= 15 is 0 Å². The van der Waals surface area contributed by atoms with Crippen molar-refractivity contribution in [2.75, 3.05) is 13.1 Å². The van der Waals surface area contributed by atoms with E-state index in [2.05, 4.69) is 15.9 Å². The lowest BCUT2D eigenvalue weighted by Gasteiger charge is -2.35. The van der Waals surface area contributed by atoms with Crippen molar-refractivity contribution in [3.05, 3.63) is 40.4 Å². The van der Waals surface area contributed by atoms with E-state index < -0.39 is 11.9 Å². The van der Waals surface area contributed by atoms with E-state index in [-0.39, 0.29) is 5.91 Å². The standard InChI is InChI=1S/C13H12BrNO3/c14-11-3-1-2-9(6-11)4-5-12(16)15-7-10(8-15)13(17)18/h1-6,10H,7-8H2,(H,17,18). The summed E-state index contributed by atoms with van der Waals surface area (Å²) in [5.74, 6) is -1.39. The lowest BCUT2D eigenvalue weighted by Crippen LogP contribution is -2.52. The van der Waals surface area contributed by atoms with E-state index in [9.17, 15) is 9.59 Å². The van der Waals surface area contributed by atoms with Gasteiger partial charge in [-0.1, -0.05) is 28.1 Å². The van der Waals surface area contributed by atoms with Crippen LogP contribution in [0.3, 0.4) is 0 Å². The first-order chi connectivity index (χ1) is 8.56. The Morgan fingerprint density at radius 3 is 2.72 bits per heavy atom. The van der Waals surface area contributed by atoms with Gasteiger partial charge in [0.15, 0.2) is 0 Å². The monoisotopic (exact) mass is 309 g/mol. The zero-order valence-corrected chi connectivity index (χ0v) is 11.1. The Hall–Kier alpha value is -1.62. The van der Waals surface area contributed by atoms with Gasteiger partial charge in [-0.25, -0.2) is 0 Å². The van der Waals surface area contributed by atoms with Crippen LogP contribution in [0.5, 0.6) is 0 Å². The first kappa shape index (κ1) is 12.8. The summed E-state index contributed by atoms with van der Waals surface area (Å²) < 4.78 is 0.951. The van der Waals surface area contributed by atoms with Crippen molar-refractivity contribution in [2.24, 2.45) is 5.92 Å². The molecule has 0 atom stereocenters. The van der Waals surface area contributed by atoms with Crippen molar-refractivity contribution < 1.29 is 14.7 Å². The number of amides is 1. The fraction of sp³-hybridized carbons (Fsp3) is 0.231. The fourth-order valence-corrected chi connectivity index (χ4v) is 2.11. The molecule has 0 radical (unpaired) electrons. The summed E-state index contributed by atoms with van der Waals surface area (Å²) >= 11 is 3.35. The van der Waals surface area contributed by atoms with Crippen molar-refractivity contribution in [3.8, 4) is 0 Å². The van der Waals surface area contributed by atoms with Gasteiger partial charge in [-0.15, -0.1) is 0 Å². The van der Waals surface area contributed by atoms with E-state index in [4.69, 9.17) is 5.11 Å². The van der Waals surface area contributed by atoms with Crippen LogP contribution in [0.15, 0.2) is 34.8 Å². The van der Waals surface area contributed by atoms with Crippen LogP contribution in [-0.4, -0.2) is 35.0 Å². The van der Waals surface area contributed by atoms with Crippen molar-refractivity contribution in [2.45, 2.75) is 0 Å². The lowest BCUT2D eigenvalue weighted by atomic mass is 10.0. The number of nitrogens with zero attached hydrogens (tertiary/aromatic N) is 1. The number of halogens is 1. The van der Waals surface area contributed by atoms with Crippen LogP contribution in [0, 0.1) is 5.92 Å². The van der Waals surface area contributed by atoms with E-state index in [1.807, 2.05) is 24.3 Å². The summed E-state index contributed by atoms with van der Waals surface area (Å²) in [5.41, 5.74) is 0.924. The molecule has 1 heterocycles. The third-order valence-electron chi connectivity index (χ3n) is 2.81.